The highest BCUT2D eigenvalue weighted by molar-refractivity contribution is 4.85. The van der Waals surface area contributed by atoms with Crippen molar-refractivity contribution >= 4 is 0 Å². The summed E-state index contributed by atoms with van der Waals surface area (Å²) in [6.07, 6.45) is 1.28. The van der Waals surface area contributed by atoms with Crippen LogP contribution in [0.4, 0.5) is 0 Å². The molecule has 0 radical (unpaired) electrons. The SMILES string of the molecule is CCC(C)C1CNCC(C)N1C. The van der Waals surface area contributed by atoms with Crippen molar-refractivity contribution in [2.75, 3.05) is 20.1 Å². The van der Waals surface area contributed by atoms with E-state index in [4.69, 9.17) is 0 Å². The molecule has 2 heteroatoms. The molecule has 12 heavy (non-hydrogen) atoms. The zero-order chi connectivity index (χ0) is 9.14. The summed E-state index contributed by atoms with van der Waals surface area (Å²) in [6, 6.07) is 1.43. The summed E-state index contributed by atoms with van der Waals surface area (Å²) in [4.78, 5) is 2.52. The Balaban J connectivity index is 2.51. The van der Waals surface area contributed by atoms with Crippen LogP contribution in [0, 0.1) is 5.92 Å². The lowest BCUT2D eigenvalue weighted by Gasteiger charge is -2.41. The molecule has 1 fully saturated rings. The second kappa shape index (κ2) is 4.24. The van der Waals surface area contributed by atoms with Gasteiger partial charge in [-0.1, -0.05) is 20.3 Å². The number of piperazine rings is 1. The van der Waals surface area contributed by atoms with E-state index in [1.807, 2.05) is 0 Å². The average Bonchev–Trinajstić information content (AvgIpc) is 2.08. The first-order chi connectivity index (χ1) is 5.66. The number of likely N-dealkylation sites (N-methyl/N-ethyl adjacent to an activating group) is 1. The van der Waals surface area contributed by atoms with Crippen LogP contribution in [0.3, 0.4) is 0 Å². The quantitative estimate of drug-likeness (QED) is 0.672. The summed E-state index contributed by atoms with van der Waals surface area (Å²) >= 11 is 0. The van der Waals surface area contributed by atoms with Crippen molar-refractivity contribution in [1.29, 1.82) is 0 Å². The minimum absolute atomic E-state index is 0.692. The summed E-state index contributed by atoms with van der Waals surface area (Å²) in [7, 11) is 2.25. The third-order valence-corrected chi connectivity index (χ3v) is 3.31. The average molecular weight is 170 g/mol. The van der Waals surface area contributed by atoms with Gasteiger partial charge in [-0.15, -0.1) is 0 Å². The summed E-state index contributed by atoms with van der Waals surface area (Å²) < 4.78 is 0. The molecular weight excluding hydrogens is 148 g/mol. The molecule has 1 N–H and O–H groups in total. The molecule has 3 unspecified atom stereocenters. The van der Waals surface area contributed by atoms with Gasteiger partial charge in [-0.25, -0.2) is 0 Å². The smallest absolute Gasteiger partial charge is 0.0246 e. The Morgan fingerprint density at radius 2 is 2.17 bits per heavy atom. The lowest BCUT2D eigenvalue weighted by molar-refractivity contribution is 0.100. The molecule has 0 amide bonds. The lowest BCUT2D eigenvalue weighted by Crippen LogP contribution is -2.56. The van der Waals surface area contributed by atoms with Crippen LogP contribution in [0.15, 0.2) is 0 Å². The van der Waals surface area contributed by atoms with Gasteiger partial charge in [0.15, 0.2) is 0 Å². The molecule has 72 valence electrons. The predicted molar refractivity (Wildman–Crippen MR) is 53.3 cm³/mol. The molecule has 0 saturated carbocycles. The first kappa shape index (κ1) is 10.0. The van der Waals surface area contributed by atoms with Gasteiger partial charge in [0, 0.05) is 25.2 Å². The third-order valence-electron chi connectivity index (χ3n) is 3.31. The van der Waals surface area contributed by atoms with Gasteiger partial charge in [-0.2, -0.15) is 0 Å². The van der Waals surface area contributed by atoms with Crippen LogP contribution in [0.25, 0.3) is 0 Å². The Labute approximate surface area is 76.3 Å². The molecule has 0 aliphatic carbocycles. The van der Waals surface area contributed by atoms with Crippen LogP contribution in [-0.4, -0.2) is 37.1 Å². The van der Waals surface area contributed by atoms with Crippen molar-refractivity contribution in [2.24, 2.45) is 5.92 Å². The van der Waals surface area contributed by atoms with Crippen LogP contribution in [-0.2, 0) is 0 Å². The Kier molecular flexibility index (Phi) is 3.53. The summed E-state index contributed by atoms with van der Waals surface area (Å²) in [5.41, 5.74) is 0. The second-order valence-corrected chi connectivity index (χ2v) is 4.13. The molecule has 1 aliphatic rings. The maximum absolute atomic E-state index is 3.49. The standard InChI is InChI=1S/C10H22N2/c1-5-8(2)10-7-11-6-9(3)12(10)4/h8-11H,5-7H2,1-4H3. The molecule has 0 bridgehead atoms. The fraction of sp³-hybridized carbons (Fsp3) is 1.00. The molecular formula is C10H22N2. The molecule has 0 spiro atoms. The molecule has 0 aromatic rings. The van der Waals surface area contributed by atoms with Gasteiger partial charge in [-0.3, -0.25) is 4.90 Å². The number of rotatable bonds is 2. The Morgan fingerprint density at radius 1 is 1.50 bits per heavy atom. The fourth-order valence-electron chi connectivity index (χ4n) is 1.93. The van der Waals surface area contributed by atoms with E-state index in [-0.39, 0.29) is 0 Å². The monoisotopic (exact) mass is 170 g/mol. The van der Waals surface area contributed by atoms with Crippen molar-refractivity contribution in [3.05, 3.63) is 0 Å². The largest absolute Gasteiger partial charge is 0.314 e. The predicted octanol–water partition coefficient (Wildman–Crippen LogP) is 1.32. The number of hydrogen-bond acceptors (Lipinski definition) is 2. The molecule has 1 aliphatic heterocycles. The molecule has 1 heterocycles. The molecule has 1 rings (SSSR count). The van der Waals surface area contributed by atoms with Crippen molar-refractivity contribution in [2.45, 2.75) is 39.3 Å². The minimum atomic E-state index is 0.692. The van der Waals surface area contributed by atoms with Gasteiger partial charge >= 0.3 is 0 Å². The fourth-order valence-corrected chi connectivity index (χ4v) is 1.93. The lowest BCUT2D eigenvalue weighted by atomic mass is 9.95. The van der Waals surface area contributed by atoms with Crippen LogP contribution in [0.1, 0.15) is 27.2 Å². The van der Waals surface area contributed by atoms with Crippen molar-refractivity contribution in [1.82, 2.24) is 10.2 Å². The van der Waals surface area contributed by atoms with E-state index in [0.717, 1.165) is 25.0 Å². The molecule has 2 nitrogen and oxygen atoms in total. The molecule has 1 saturated heterocycles. The number of nitrogens with zero attached hydrogens (tertiary/aromatic N) is 1. The Bertz CT molecular complexity index is 136. The third kappa shape index (κ3) is 1.99. The minimum Gasteiger partial charge on any atom is -0.314 e. The number of hydrogen-bond donors (Lipinski definition) is 1. The van der Waals surface area contributed by atoms with E-state index in [0.29, 0.717) is 6.04 Å². The second-order valence-electron chi connectivity index (χ2n) is 4.13. The van der Waals surface area contributed by atoms with E-state index in [1.54, 1.807) is 0 Å². The highest BCUT2D eigenvalue weighted by Crippen LogP contribution is 2.17. The molecule has 0 aromatic carbocycles. The maximum atomic E-state index is 3.49. The van der Waals surface area contributed by atoms with Crippen LogP contribution in [0.2, 0.25) is 0 Å². The van der Waals surface area contributed by atoms with Crippen LogP contribution in [0.5, 0.6) is 0 Å². The van der Waals surface area contributed by atoms with E-state index < -0.39 is 0 Å². The summed E-state index contributed by atoms with van der Waals surface area (Å²) in [5, 5.41) is 3.49. The van der Waals surface area contributed by atoms with E-state index in [1.165, 1.54) is 6.42 Å². The van der Waals surface area contributed by atoms with E-state index in [2.05, 4.69) is 38.0 Å². The topological polar surface area (TPSA) is 15.3 Å². The van der Waals surface area contributed by atoms with Crippen molar-refractivity contribution < 1.29 is 0 Å². The van der Waals surface area contributed by atoms with Crippen molar-refractivity contribution in [3.63, 3.8) is 0 Å². The highest BCUT2D eigenvalue weighted by atomic mass is 15.2. The normalized spacial score (nSPS) is 35.0. The van der Waals surface area contributed by atoms with Gasteiger partial charge in [0.2, 0.25) is 0 Å². The van der Waals surface area contributed by atoms with Gasteiger partial charge in [0.25, 0.3) is 0 Å². The van der Waals surface area contributed by atoms with E-state index >= 15 is 0 Å². The zero-order valence-electron chi connectivity index (χ0n) is 8.80. The maximum Gasteiger partial charge on any atom is 0.0246 e. The molecule has 0 aromatic heterocycles. The summed E-state index contributed by atoms with van der Waals surface area (Å²) in [5.74, 6) is 0.810. The van der Waals surface area contributed by atoms with E-state index in [9.17, 15) is 0 Å². The van der Waals surface area contributed by atoms with Crippen molar-refractivity contribution in [3.8, 4) is 0 Å². The summed E-state index contributed by atoms with van der Waals surface area (Å²) in [6.45, 7) is 9.22. The molecule has 3 atom stereocenters. The van der Waals surface area contributed by atoms with Gasteiger partial charge < -0.3 is 5.32 Å². The first-order valence-electron chi connectivity index (χ1n) is 5.09. The van der Waals surface area contributed by atoms with Gasteiger partial charge in [-0.05, 0) is 19.9 Å². The van der Waals surface area contributed by atoms with Gasteiger partial charge in [0.1, 0.15) is 0 Å². The van der Waals surface area contributed by atoms with Gasteiger partial charge in [0.05, 0.1) is 0 Å². The number of nitrogens with one attached hydrogen (secondary N) is 1. The highest BCUT2D eigenvalue weighted by Gasteiger charge is 2.27. The first-order valence-corrected chi connectivity index (χ1v) is 5.09. The van der Waals surface area contributed by atoms with Crippen LogP contribution >= 0.6 is 0 Å². The Morgan fingerprint density at radius 3 is 2.75 bits per heavy atom. The Hall–Kier alpha value is -0.0800. The zero-order valence-corrected chi connectivity index (χ0v) is 8.80. The van der Waals surface area contributed by atoms with Crippen LogP contribution < -0.4 is 5.32 Å².